The zero-order valence-corrected chi connectivity index (χ0v) is 13.5. The number of halogens is 1. The lowest BCUT2D eigenvalue weighted by atomic mass is 10.2. The maximum absolute atomic E-state index is 5.76. The second kappa shape index (κ2) is 6.41. The van der Waals surface area contributed by atoms with Crippen molar-refractivity contribution in [3.8, 4) is 0 Å². The Bertz CT molecular complexity index is 464. The minimum atomic E-state index is 0.332. The predicted molar refractivity (Wildman–Crippen MR) is 84.0 cm³/mol. The van der Waals surface area contributed by atoms with Gasteiger partial charge in [0.1, 0.15) is 5.82 Å². The molecule has 0 aromatic carbocycles. The van der Waals surface area contributed by atoms with Crippen molar-refractivity contribution in [2.24, 2.45) is 0 Å². The van der Waals surface area contributed by atoms with Gasteiger partial charge in [-0.2, -0.15) is 0 Å². The van der Waals surface area contributed by atoms with E-state index in [1.165, 1.54) is 18.4 Å². The summed E-state index contributed by atoms with van der Waals surface area (Å²) < 4.78 is 6.81. The first-order valence-electron chi connectivity index (χ1n) is 7.50. The molecule has 1 aliphatic carbocycles. The van der Waals surface area contributed by atoms with Crippen LogP contribution < -0.4 is 10.2 Å². The molecule has 0 bridgehead atoms. The van der Waals surface area contributed by atoms with Crippen molar-refractivity contribution in [2.45, 2.75) is 44.9 Å². The Labute approximate surface area is 129 Å². The van der Waals surface area contributed by atoms with E-state index in [0.29, 0.717) is 6.10 Å². The van der Waals surface area contributed by atoms with Crippen LogP contribution >= 0.6 is 15.9 Å². The van der Waals surface area contributed by atoms with E-state index in [4.69, 9.17) is 4.74 Å². The van der Waals surface area contributed by atoms with Crippen molar-refractivity contribution in [3.63, 3.8) is 0 Å². The zero-order valence-electron chi connectivity index (χ0n) is 11.9. The third kappa shape index (κ3) is 3.51. The van der Waals surface area contributed by atoms with E-state index < -0.39 is 0 Å². The molecule has 3 rings (SSSR count). The molecule has 1 atom stereocenters. The standard InChI is InChI=1S/C15H22BrN3O/c1-2-14-10-19(5-6-20-14)15-11(7-12(16)9-18-15)8-17-13-3-4-13/h7,9,13-14,17H,2-6,8,10H2,1H3. The first-order valence-corrected chi connectivity index (χ1v) is 8.30. The van der Waals surface area contributed by atoms with E-state index in [2.05, 4.69) is 44.1 Å². The maximum Gasteiger partial charge on any atom is 0.133 e. The summed E-state index contributed by atoms with van der Waals surface area (Å²) >= 11 is 3.54. The van der Waals surface area contributed by atoms with Gasteiger partial charge in [0.25, 0.3) is 0 Å². The van der Waals surface area contributed by atoms with Crippen LogP contribution in [0.25, 0.3) is 0 Å². The van der Waals surface area contributed by atoms with Crippen molar-refractivity contribution >= 4 is 21.7 Å². The fourth-order valence-electron chi connectivity index (χ4n) is 2.59. The quantitative estimate of drug-likeness (QED) is 0.894. The number of rotatable bonds is 5. The lowest BCUT2D eigenvalue weighted by Crippen LogP contribution is -2.43. The third-order valence-electron chi connectivity index (χ3n) is 3.96. The molecule has 1 saturated carbocycles. The van der Waals surface area contributed by atoms with Crippen molar-refractivity contribution in [2.75, 3.05) is 24.6 Å². The molecule has 0 amide bonds. The SMILES string of the molecule is CCC1CN(c2ncc(Br)cc2CNC2CC2)CCO1. The maximum atomic E-state index is 5.76. The van der Waals surface area contributed by atoms with Crippen LogP contribution in [0.1, 0.15) is 31.7 Å². The number of hydrogen-bond acceptors (Lipinski definition) is 4. The number of nitrogens with zero attached hydrogens (tertiary/aromatic N) is 2. The smallest absolute Gasteiger partial charge is 0.133 e. The minimum absolute atomic E-state index is 0.332. The summed E-state index contributed by atoms with van der Waals surface area (Å²) in [5.74, 6) is 1.11. The summed E-state index contributed by atoms with van der Waals surface area (Å²) in [4.78, 5) is 7.02. The number of morpholine rings is 1. The fourth-order valence-corrected chi connectivity index (χ4v) is 2.97. The van der Waals surface area contributed by atoms with Crippen LogP contribution in [0.2, 0.25) is 0 Å². The second-order valence-electron chi connectivity index (χ2n) is 5.64. The van der Waals surface area contributed by atoms with E-state index >= 15 is 0 Å². The number of pyridine rings is 1. The summed E-state index contributed by atoms with van der Waals surface area (Å²) in [5.41, 5.74) is 1.28. The molecule has 1 N–H and O–H groups in total. The molecule has 4 nitrogen and oxygen atoms in total. The Morgan fingerprint density at radius 2 is 2.35 bits per heavy atom. The van der Waals surface area contributed by atoms with Crippen LogP contribution in [0.5, 0.6) is 0 Å². The molecule has 110 valence electrons. The normalized spacial score (nSPS) is 23.1. The monoisotopic (exact) mass is 339 g/mol. The number of aromatic nitrogens is 1. The Morgan fingerprint density at radius 1 is 1.50 bits per heavy atom. The van der Waals surface area contributed by atoms with Crippen LogP contribution in [-0.4, -0.2) is 36.8 Å². The van der Waals surface area contributed by atoms with Gasteiger partial charge in [-0.1, -0.05) is 6.92 Å². The molecule has 2 fully saturated rings. The lowest BCUT2D eigenvalue weighted by molar-refractivity contribution is 0.0381. The first-order chi connectivity index (χ1) is 9.76. The largest absolute Gasteiger partial charge is 0.375 e. The second-order valence-corrected chi connectivity index (χ2v) is 6.55. The Balaban J connectivity index is 1.75. The molecular formula is C15H22BrN3O. The van der Waals surface area contributed by atoms with E-state index in [9.17, 15) is 0 Å². The molecule has 1 unspecified atom stereocenters. The average molecular weight is 340 g/mol. The Kier molecular flexibility index (Phi) is 4.58. The minimum Gasteiger partial charge on any atom is -0.375 e. The molecule has 5 heteroatoms. The molecule has 1 aromatic heterocycles. The molecule has 20 heavy (non-hydrogen) atoms. The first kappa shape index (κ1) is 14.3. The van der Waals surface area contributed by atoms with Crippen LogP contribution in [0.15, 0.2) is 16.7 Å². The van der Waals surface area contributed by atoms with Crippen molar-refractivity contribution < 1.29 is 4.74 Å². The molecular weight excluding hydrogens is 318 g/mol. The van der Waals surface area contributed by atoms with Crippen LogP contribution in [0.3, 0.4) is 0 Å². The van der Waals surface area contributed by atoms with Gasteiger partial charge in [-0.15, -0.1) is 0 Å². The summed E-state index contributed by atoms with van der Waals surface area (Å²) in [7, 11) is 0. The number of ether oxygens (including phenoxy) is 1. The summed E-state index contributed by atoms with van der Waals surface area (Å²) in [6.45, 7) is 5.76. The number of hydrogen-bond donors (Lipinski definition) is 1. The van der Waals surface area contributed by atoms with Gasteiger partial charge in [0.05, 0.1) is 12.7 Å². The zero-order chi connectivity index (χ0) is 13.9. The Morgan fingerprint density at radius 3 is 3.10 bits per heavy atom. The molecule has 1 aromatic rings. The van der Waals surface area contributed by atoms with Gasteiger partial charge in [-0.3, -0.25) is 0 Å². The van der Waals surface area contributed by atoms with Gasteiger partial charge in [-0.05, 0) is 41.3 Å². The van der Waals surface area contributed by atoms with E-state index in [-0.39, 0.29) is 0 Å². The fraction of sp³-hybridized carbons (Fsp3) is 0.667. The summed E-state index contributed by atoms with van der Waals surface area (Å²) in [6.07, 6.45) is 5.91. The van der Waals surface area contributed by atoms with Gasteiger partial charge < -0.3 is 15.0 Å². The average Bonchev–Trinajstić information content (AvgIpc) is 3.29. The highest BCUT2D eigenvalue weighted by molar-refractivity contribution is 9.10. The number of anilines is 1. The van der Waals surface area contributed by atoms with Gasteiger partial charge in [0, 0.05) is 41.9 Å². The predicted octanol–water partition coefficient (Wildman–Crippen LogP) is 2.71. The van der Waals surface area contributed by atoms with Crippen molar-refractivity contribution in [1.29, 1.82) is 0 Å². The summed E-state index contributed by atoms with van der Waals surface area (Å²) in [5, 5.41) is 3.59. The third-order valence-corrected chi connectivity index (χ3v) is 4.40. The van der Waals surface area contributed by atoms with Gasteiger partial charge in [0.2, 0.25) is 0 Å². The van der Waals surface area contributed by atoms with Crippen LogP contribution in [-0.2, 0) is 11.3 Å². The molecule has 1 saturated heterocycles. The topological polar surface area (TPSA) is 37.4 Å². The molecule has 2 heterocycles. The van der Waals surface area contributed by atoms with Crippen LogP contribution in [0, 0.1) is 0 Å². The van der Waals surface area contributed by atoms with E-state index in [0.717, 1.165) is 49.0 Å². The van der Waals surface area contributed by atoms with Crippen molar-refractivity contribution in [1.82, 2.24) is 10.3 Å². The highest BCUT2D eigenvalue weighted by Gasteiger charge is 2.24. The highest BCUT2D eigenvalue weighted by Crippen LogP contribution is 2.26. The van der Waals surface area contributed by atoms with Crippen molar-refractivity contribution in [3.05, 3.63) is 22.3 Å². The molecule has 0 spiro atoms. The van der Waals surface area contributed by atoms with E-state index in [1.54, 1.807) is 0 Å². The van der Waals surface area contributed by atoms with Gasteiger partial charge in [-0.25, -0.2) is 4.98 Å². The van der Waals surface area contributed by atoms with Gasteiger partial charge >= 0.3 is 0 Å². The molecule has 1 aliphatic heterocycles. The van der Waals surface area contributed by atoms with E-state index in [1.807, 2.05) is 6.20 Å². The number of nitrogens with one attached hydrogen (secondary N) is 1. The Hall–Kier alpha value is -0.650. The molecule has 2 aliphatic rings. The molecule has 0 radical (unpaired) electrons. The van der Waals surface area contributed by atoms with Gasteiger partial charge in [0.15, 0.2) is 0 Å². The lowest BCUT2D eigenvalue weighted by Gasteiger charge is -2.34. The van der Waals surface area contributed by atoms with Crippen LogP contribution in [0.4, 0.5) is 5.82 Å². The summed E-state index contributed by atoms with van der Waals surface area (Å²) in [6, 6.07) is 2.91. The highest BCUT2D eigenvalue weighted by atomic mass is 79.9.